The second kappa shape index (κ2) is 4.56. The van der Waals surface area contributed by atoms with E-state index in [4.69, 9.17) is 8.85 Å². The molecule has 2 aliphatic carbocycles. The van der Waals surface area contributed by atoms with Gasteiger partial charge in [0.15, 0.2) is 0 Å². The van der Waals surface area contributed by atoms with E-state index >= 15 is 0 Å². The molecule has 2 rings (SSSR count). The van der Waals surface area contributed by atoms with Crippen LogP contribution in [-0.4, -0.2) is 16.6 Å². The lowest BCUT2D eigenvalue weighted by atomic mass is 9.71. The molecular weight excluding hydrogens is 256 g/mol. The zero-order chi connectivity index (χ0) is 13.6. The van der Waals surface area contributed by atoms with Crippen molar-refractivity contribution in [3.05, 3.63) is 23.7 Å². The fourth-order valence-electron chi connectivity index (χ4n) is 2.57. The molecule has 0 aromatic carbocycles. The Bertz CT molecular complexity index is 350. The summed E-state index contributed by atoms with van der Waals surface area (Å²) in [6, 6.07) is 0. The quantitative estimate of drug-likeness (QED) is 0.558. The van der Waals surface area contributed by atoms with Crippen molar-refractivity contribution in [3.8, 4) is 0 Å². The zero-order valence-electron chi connectivity index (χ0n) is 12.5. The fraction of sp³-hybridized carbons (Fsp3) is 0.714. The Balaban J connectivity index is 2.20. The van der Waals surface area contributed by atoms with Gasteiger partial charge >= 0.3 is 0 Å². The van der Waals surface area contributed by atoms with Gasteiger partial charge in [-0.3, -0.25) is 0 Å². The van der Waals surface area contributed by atoms with E-state index in [1.807, 2.05) is 0 Å². The van der Waals surface area contributed by atoms with Crippen LogP contribution in [0.2, 0.25) is 39.3 Å². The summed E-state index contributed by atoms with van der Waals surface area (Å²) >= 11 is 0. The van der Waals surface area contributed by atoms with Crippen molar-refractivity contribution in [2.45, 2.75) is 52.1 Å². The molecule has 0 heterocycles. The number of hydrogen-bond donors (Lipinski definition) is 0. The predicted octanol–water partition coefficient (Wildman–Crippen LogP) is 4.50. The van der Waals surface area contributed by atoms with Gasteiger partial charge in [-0.15, -0.1) is 0 Å². The molecule has 2 atom stereocenters. The average molecular weight is 283 g/mol. The van der Waals surface area contributed by atoms with E-state index in [0.717, 1.165) is 12.8 Å². The molecule has 0 bridgehead atoms. The van der Waals surface area contributed by atoms with Crippen molar-refractivity contribution in [2.75, 3.05) is 0 Å². The van der Waals surface area contributed by atoms with Crippen molar-refractivity contribution >= 4 is 16.6 Å². The fourth-order valence-corrected chi connectivity index (χ4v) is 4.40. The molecular formula is C14H26O2Si2. The summed E-state index contributed by atoms with van der Waals surface area (Å²) in [7, 11) is -3.06. The van der Waals surface area contributed by atoms with Crippen molar-refractivity contribution in [2.24, 2.45) is 11.8 Å². The lowest BCUT2D eigenvalue weighted by Crippen LogP contribution is -2.42. The first kappa shape index (κ1) is 13.9. The van der Waals surface area contributed by atoms with E-state index in [0.29, 0.717) is 11.8 Å². The highest BCUT2D eigenvalue weighted by Gasteiger charge is 2.46. The summed E-state index contributed by atoms with van der Waals surface area (Å²) in [5.41, 5.74) is 0. The minimum Gasteiger partial charge on any atom is -0.545 e. The Kier molecular flexibility index (Phi) is 3.53. The Labute approximate surface area is 113 Å². The first-order chi connectivity index (χ1) is 8.17. The maximum Gasteiger partial charge on any atom is 0.241 e. The first-order valence-corrected chi connectivity index (χ1v) is 13.8. The highest BCUT2D eigenvalue weighted by Crippen LogP contribution is 2.50. The van der Waals surface area contributed by atoms with Gasteiger partial charge < -0.3 is 8.85 Å². The molecule has 0 N–H and O–H groups in total. The third-order valence-corrected chi connectivity index (χ3v) is 4.85. The van der Waals surface area contributed by atoms with Crippen LogP contribution < -0.4 is 0 Å². The molecule has 0 saturated heterocycles. The van der Waals surface area contributed by atoms with Gasteiger partial charge in [0.05, 0.1) is 0 Å². The Morgan fingerprint density at radius 3 is 1.39 bits per heavy atom. The minimum atomic E-state index is -1.53. The van der Waals surface area contributed by atoms with Crippen LogP contribution in [0.4, 0.5) is 0 Å². The van der Waals surface area contributed by atoms with Crippen LogP contribution in [-0.2, 0) is 8.85 Å². The van der Waals surface area contributed by atoms with Crippen LogP contribution >= 0.6 is 0 Å². The molecule has 0 amide bonds. The molecule has 2 aliphatic rings. The van der Waals surface area contributed by atoms with Gasteiger partial charge in [-0.1, -0.05) is 12.2 Å². The standard InChI is InChI=1S/C14H26O2Si2/c1-17(2,3)15-13-11-9-7-8-10-12(11)14(13)16-18(4,5)6/h7-8,11-12H,9-10H2,1-6H3/t11-,12?/m0/s1. The highest BCUT2D eigenvalue weighted by molar-refractivity contribution is 6.70. The number of fused-ring (bicyclic) bond motifs is 1. The summed E-state index contributed by atoms with van der Waals surface area (Å²) in [6.45, 7) is 13.5. The summed E-state index contributed by atoms with van der Waals surface area (Å²) < 4.78 is 12.6. The summed E-state index contributed by atoms with van der Waals surface area (Å²) in [5.74, 6) is 3.55. The van der Waals surface area contributed by atoms with Gasteiger partial charge in [-0.2, -0.15) is 0 Å². The Morgan fingerprint density at radius 1 is 0.778 bits per heavy atom. The molecule has 0 radical (unpaired) electrons. The van der Waals surface area contributed by atoms with Crippen LogP contribution in [0.3, 0.4) is 0 Å². The molecule has 0 fully saturated rings. The van der Waals surface area contributed by atoms with E-state index in [9.17, 15) is 0 Å². The highest BCUT2D eigenvalue weighted by atomic mass is 28.4. The first-order valence-electron chi connectivity index (χ1n) is 6.94. The van der Waals surface area contributed by atoms with Crippen molar-refractivity contribution in [1.82, 2.24) is 0 Å². The molecule has 1 unspecified atom stereocenters. The van der Waals surface area contributed by atoms with Crippen LogP contribution in [0.5, 0.6) is 0 Å². The van der Waals surface area contributed by atoms with Crippen molar-refractivity contribution in [3.63, 3.8) is 0 Å². The molecule has 0 aromatic rings. The molecule has 4 heteroatoms. The van der Waals surface area contributed by atoms with E-state index in [1.54, 1.807) is 0 Å². The van der Waals surface area contributed by atoms with Crippen LogP contribution in [0.1, 0.15) is 12.8 Å². The Hall–Kier alpha value is -0.486. The van der Waals surface area contributed by atoms with Gasteiger partial charge in [-0.25, -0.2) is 0 Å². The smallest absolute Gasteiger partial charge is 0.241 e. The molecule has 0 saturated carbocycles. The third kappa shape index (κ3) is 3.09. The molecule has 0 aromatic heterocycles. The number of allylic oxidation sites excluding steroid dienone is 4. The number of rotatable bonds is 4. The predicted molar refractivity (Wildman–Crippen MR) is 81.2 cm³/mol. The van der Waals surface area contributed by atoms with E-state index < -0.39 is 16.6 Å². The van der Waals surface area contributed by atoms with Gasteiger partial charge in [0.2, 0.25) is 16.6 Å². The van der Waals surface area contributed by atoms with E-state index in [-0.39, 0.29) is 0 Å². The molecule has 2 nitrogen and oxygen atoms in total. The second-order valence-corrected chi connectivity index (χ2v) is 16.2. The van der Waals surface area contributed by atoms with Crippen LogP contribution in [0.15, 0.2) is 23.7 Å². The molecule has 102 valence electrons. The Morgan fingerprint density at radius 2 is 1.11 bits per heavy atom. The SMILES string of the molecule is C[Si](C)(C)OC1=C(O[Si](C)(C)C)[C@H]2CC=CCC12. The van der Waals surface area contributed by atoms with Crippen LogP contribution in [0, 0.1) is 11.8 Å². The molecule has 0 aliphatic heterocycles. The molecule has 0 spiro atoms. The van der Waals surface area contributed by atoms with Crippen molar-refractivity contribution < 1.29 is 8.85 Å². The van der Waals surface area contributed by atoms with Gasteiger partial charge in [-0.05, 0) is 52.1 Å². The van der Waals surface area contributed by atoms with Gasteiger partial charge in [0, 0.05) is 11.8 Å². The third-order valence-electron chi connectivity index (χ3n) is 3.18. The molecule has 18 heavy (non-hydrogen) atoms. The number of hydrogen-bond acceptors (Lipinski definition) is 2. The second-order valence-electron chi connectivity index (χ2n) is 7.31. The maximum atomic E-state index is 6.28. The zero-order valence-corrected chi connectivity index (χ0v) is 14.5. The summed E-state index contributed by atoms with van der Waals surface area (Å²) in [5, 5.41) is 0. The van der Waals surface area contributed by atoms with Crippen LogP contribution in [0.25, 0.3) is 0 Å². The minimum absolute atomic E-state index is 0.591. The van der Waals surface area contributed by atoms with Gasteiger partial charge in [0.1, 0.15) is 11.5 Å². The maximum absolute atomic E-state index is 6.28. The van der Waals surface area contributed by atoms with E-state index in [2.05, 4.69) is 51.4 Å². The van der Waals surface area contributed by atoms with Gasteiger partial charge in [0.25, 0.3) is 0 Å². The lowest BCUT2D eigenvalue weighted by Gasteiger charge is -2.46. The summed E-state index contributed by atoms with van der Waals surface area (Å²) in [4.78, 5) is 0. The monoisotopic (exact) mass is 282 g/mol. The lowest BCUT2D eigenvalue weighted by molar-refractivity contribution is 0.143. The average Bonchev–Trinajstić information content (AvgIpc) is 2.21. The topological polar surface area (TPSA) is 18.5 Å². The van der Waals surface area contributed by atoms with Crippen molar-refractivity contribution in [1.29, 1.82) is 0 Å². The van der Waals surface area contributed by atoms with E-state index in [1.165, 1.54) is 11.5 Å². The summed E-state index contributed by atoms with van der Waals surface area (Å²) in [6.07, 6.45) is 6.84. The largest absolute Gasteiger partial charge is 0.545 e. The normalized spacial score (nSPS) is 27.7.